The van der Waals surface area contributed by atoms with E-state index in [2.05, 4.69) is 9.97 Å². The van der Waals surface area contributed by atoms with Crippen molar-refractivity contribution in [2.24, 2.45) is 0 Å². The second-order valence-electron chi connectivity index (χ2n) is 6.74. The Bertz CT molecular complexity index is 1280. The van der Waals surface area contributed by atoms with Crippen molar-refractivity contribution < 1.29 is 13.6 Å². The van der Waals surface area contributed by atoms with Crippen LogP contribution in [0.25, 0.3) is 21.7 Å². The maximum Gasteiger partial charge on any atom is 0.270 e. The lowest BCUT2D eigenvalue weighted by Crippen LogP contribution is -2.30. The minimum absolute atomic E-state index is 0.153. The lowest BCUT2D eigenvalue weighted by molar-refractivity contribution is 0.0738. The highest BCUT2D eigenvalue weighted by atomic mass is 19.1. The van der Waals surface area contributed by atoms with Crippen molar-refractivity contribution in [3.63, 3.8) is 0 Å². The molecule has 4 aromatic rings. The zero-order valence-electron chi connectivity index (χ0n) is 15.2. The van der Waals surface area contributed by atoms with Gasteiger partial charge < -0.3 is 14.9 Å². The van der Waals surface area contributed by atoms with Gasteiger partial charge in [-0.1, -0.05) is 18.2 Å². The first-order chi connectivity index (χ1) is 13.4. The van der Waals surface area contributed by atoms with Gasteiger partial charge in [-0.25, -0.2) is 8.78 Å². The molecule has 0 aliphatic rings. The Morgan fingerprint density at radius 3 is 2.54 bits per heavy atom. The summed E-state index contributed by atoms with van der Waals surface area (Å²) < 4.78 is 27.4. The van der Waals surface area contributed by atoms with Gasteiger partial charge in [-0.3, -0.25) is 9.59 Å². The SMILES string of the molecule is CC(c1c[nH]c(=O)c2ccccc12)N(C)C(=O)c1cc2c(F)cc(F)cc2[nH]1. The van der Waals surface area contributed by atoms with Crippen LogP contribution in [0, 0.1) is 11.6 Å². The average Bonchev–Trinajstić information content (AvgIpc) is 3.11. The fraction of sp³-hybridized carbons (Fsp3) is 0.143. The molecule has 0 bridgehead atoms. The van der Waals surface area contributed by atoms with E-state index in [1.807, 2.05) is 19.1 Å². The Balaban J connectivity index is 1.72. The third kappa shape index (κ3) is 2.85. The third-order valence-corrected chi connectivity index (χ3v) is 5.08. The maximum atomic E-state index is 13.9. The number of halogens is 2. The molecule has 2 aromatic carbocycles. The summed E-state index contributed by atoms with van der Waals surface area (Å²) in [6.45, 7) is 1.83. The van der Waals surface area contributed by atoms with E-state index in [0.29, 0.717) is 5.39 Å². The molecule has 0 fully saturated rings. The number of aromatic nitrogens is 2. The van der Waals surface area contributed by atoms with Gasteiger partial charge in [0.1, 0.15) is 17.3 Å². The number of aromatic amines is 2. The summed E-state index contributed by atoms with van der Waals surface area (Å²) in [7, 11) is 1.62. The summed E-state index contributed by atoms with van der Waals surface area (Å²) in [5, 5.41) is 1.44. The number of pyridine rings is 1. The van der Waals surface area contributed by atoms with E-state index in [0.717, 1.165) is 23.1 Å². The van der Waals surface area contributed by atoms with Gasteiger partial charge >= 0.3 is 0 Å². The molecule has 142 valence electrons. The van der Waals surface area contributed by atoms with Crippen LogP contribution < -0.4 is 5.56 Å². The molecule has 1 amide bonds. The van der Waals surface area contributed by atoms with Crippen molar-refractivity contribution in [2.75, 3.05) is 7.05 Å². The van der Waals surface area contributed by atoms with Gasteiger partial charge in [0, 0.05) is 30.1 Å². The molecule has 4 rings (SSSR count). The Kier molecular flexibility index (Phi) is 4.22. The van der Waals surface area contributed by atoms with Crippen LogP contribution in [-0.2, 0) is 0 Å². The van der Waals surface area contributed by atoms with Crippen molar-refractivity contribution in [3.05, 3.63) is 81.9 Å². The fourth-order valence-electron chi connectivity index (χ4n) is 3.43. The molecule has 2 heterocycles. The zero-order chi connectivity index (χ0) is 20.0. The van der Waals surface area contributed by atoms with Gasteiger partial charge in [-0.05, 0) is 36.1 Å². The molecule has 28 heavy (non-hydrogen) atoms. The molecule has 2 aromatic heterocycles. The van der Waals surface area contributed by atoms with Crippen LogP contribution in [0.1, 0.15) is 29.0 Å². The maximum absolute atomic E-state index is 13.9. The summed E-state index contributed by atoms with van der Waals surface area (Å²) in [6.07, 6.45) is 1.60. The first kappa shape index (κ1) is 17.9. The average molecular weight is 381 g/mol. The molecule has 0 aliphatic carbocycles. The van der Waals surface area contributed by atoms with Crippen molar-refractivity contribution in [3.8, 4) is 0 Å². The Morgan fingerprint density at radius 1 is 1.07 bits per heavy atom. The minimum atomic E-state index is -0.729. The van der Waals surface area contributed by atoms with Gasteiger partial charge in [-0.2, -0.15) is 0 Å². The quantitative estimate of drug-likeness (QED) is 0.560. The highest BCUT2D eigenvalue weighted by Gasteiger charge is 2.23. The molecule has 5 nitrogen and oxygen atoms in total. The normalized spacial score (nSPS) is 12.4. The summed E-state index contributed by atoms with van der Waals surface area (Å²) in [5.74, 6) is -1.82. The van der Waals surface area contributed by atoms with Gasteiger partial charge in [0.15, 0.2) is 0 Å². The minimum Gasteiger partial charge on any atom is -0.350 e. The van der Waals surface area contributed by atoms with E-state index in [-0.39, 0.29) is 34.1 Å². The van der Waals surface area contributed by atoms with Crippen LogP contribution in [0.5, 0.6) is 0 Å². The number of fused-ring (bicyclic) bond motifs is 2. The molecule has 0 saturated heterocycles. The van der Waals surface area contributed by atoms with Gasteiger partial charge in [-0.15, -0.1) is 0 Å². The second kappa shape index (κ2) is 6.60. The number of carbonyl (C=O) groups excluding carboxylic acids is 1. The number of amides is 1. The Morgan fingerprint density at radius 2 is 1.79 bits per heavy atom. The van der Waals surface area contributed by atoms with Crippen LogP contribution in [-0.4, -0.2) is 27.8 Å². The molecule has 0 spiro atoms. The van der Waals surface area contributed by atoms with E-state index in [4.69, 9.17) is 0 Å². The molecule has 1 atom stereocenters. The molecule has 7 heteroatoms. The Hall–Kier alpha value is -3.48. The molecule has 1 unspecified atom stereocenters. The number of benzene rings is 2. The van der Waals surface area contributed by atoms with Crippen molar-refractivity contribution in [1.29, 1.82) is 0 Å². The monoisotopic (exact) mass is 381 g/mol. The molecule has 0 saturated carbocycles. The van der Waals surface area contributed by atoms with Crippen LogP contribution in [0.2, 0.25) is 0 Å². The predicted molar refractivity (Wildman–Crippen MR) is 103 cm³/mol. The highest BCUT2D eigenvalue weighted by Crippen LogP contribution is 2.27. The zero-order valence-corrected chi connectivity index (χ0v) is 15.2. The van der Waals surface area contributed by atoms with E-state index in [1.165, 1.54) is 11.0 Å². The molecule has 0 aliphatic heterocycles. The first-order valence-electron chi connectivity index (χ1n) is 8.72. The smallest absolute Gasteiger partial charge is 0.270 e. The number of H-pyrrole nitrogens is 2. The lowest BCUT2D eigenvalue weighted by atomic mass is 10.0. The first-order valence-corrected chi connectivity index (χ1v) is 8.72. The number of hydrogen-bond donors (Lipinski definition) is 2. The van der Waals surface area contributed by atoms with E-state index >= 15 is 0 Å². The van der Waals surface area contributed by atoms with Gasteiger partial charge in [0.25, 0.3) is 11.5 Å². The fourth-order valence-corrected chi connectivity index (χ4v) is 3.43. The third-order valence-electron chi connectivity index (χ3n) is 5.08. The topological polar surface area (TPSA) is 69.0 Å². The van der Waals surface area contributed by atoms with E-state index < -0.39 is 11.6 Å². The Labute approximate surface area is 158 Å². The summed E-state index contributed by atoms with van der Waals surface area (Å²) in [4.78, 5) is 31.9. The summed E-state index contributed by atoms with van der Waals surface area (Å²) >= 11 is 0. The van der Waals surface area contributed by atoms with E-state index in [1.54, 1.807) is 25.4 Å². The lowest BCUT2D eigenvalue weighted by Gasteiger charge is -2.25. The molecular formula is C21H17F2N3O2. The number of carbonyl (C=O) groups is 1. The summed E-state index contributed by atoms with van der Waals surface area (Å²) in [6, 6.07) is 10.1. The molecule has 2 N–H and O–H groups in total. The summed E-state index contributed by atoms with van der Waals surface area (Å²) in [5.41, 5.74) is 0.951. The molecular weight excluding hydrogens is 364 g/mol. The van der Waals surface area contributed by atoms with Crippen molar-refractivity contribution in [2.45, 2.75) is 13.0 Å². The molecule has 0 radical (unpaired) electrons. The van der Waals surface area contributed by atoms with Crippen LogP contribution in [0.15, 0.2) is 53.5 Å². The van der Waals surface area contributed by atoms with Crippen LogP contribution >= 0.6 is 0 Å². The number of hydrogen-bond acceptors (Lipinski definition) is 2. The van der Waals surface area contributed by atoms with Crippen molar-refractivity contribution >= 4 is 27.6 Å². The predicted octanol–water partition coefficient (Wildman–Crippen LogP) is 4.12. The van der Waals surface area contributed by atoms with Crippen molar-refractivity contribution in [1.82, 2.24) is 14.9 Å². The highest BCUT2D eigenvalue weighted by molar-refractivity contribution is 5.98. The number of rotatable bonds is 3. The number of nitrogens with zero attached hydrogens (tertiary/aromatic N) is 1. The van der Waals surface area contributed by atoms with Crippen LogP contribution in [0.4, 0.5) is 8.78 Å². The van der Waals surface area contributed by atoms with Gasteiger partial charge in [0.05, 0.1) is 11.6 Å². The van der Waals surface area contributed by atoms with Crippen LogP contribution in [0.3, 0.4) is 0 Å². The second-order valence-corrected chi connectivity index (χ2v) is 6.74. The standard InChI is InChI=1S/C21H17F2N3O2/c1-11(16-10-24-20(27)14-6-4-3-5-13(14)16)26(2)21(28)19-9-15-17(23)7-12(22)8-18(15)25-19/h3-11,25H,1-2H3,(H,24,27). The largest absolute Gasteiger partial charge is 0.350 e. The van der Waals surface area contributed by atoms with E-state index in [9.17, 15) is 18.4 Å². The number of nitrogens with one attached hydrogen (secondary N) is 2. The van der Waals surface area contributed by atoms with Gasteiger partial charge in [0.2, 0.25) is 0 Å².